The number of hydrogen-bond acceptors (Lipinski definition) is 10. The number of nitro groups is 1. The van der Waals surface area contributed by atoms with Gasteiger partial charge in [-0.05, 0) is 73.2 Å². The minimum atomic E-state index is -4.46. The summed E-state index contributed by atoms with van der Waals surface area (Å²) in [5.74, 6) is -1.03. The van der Waals surface area contributed by atoms with Crippen molar-refractivity contribution in [2.24, 2.45) is 0 Å². The number of nitrogens with zero attached hydrogens (tertiary/aromatic N) is 2. The molecule has 1 aliphatic rings. The maximum Gasteiger partial charge on any atom is 0.339 e. The second-order valence-electron chi connectivity index (χ2n) is 8.09. The van der Waals surface area contributed by atoms with E-state index in [1.807, 2.05) is 0 Å². The highest BCUT2D eigenvalue weighted by molar-refractivity contribution is 7.87. The second kappa shape index (κ2) is 11.5. The van der Waals surface area contributed by atoms with Crippen molar-refractivity contribution in [2.75, 3.05) is 18.6 Å². The molecule has 0 spiro atoms. The summed E-state index contributed by atoms with van der Waals surface area (Å²) in [5.41, 5.74) is 0.0800. The lowest BCUT2D eigenvalue weighted by molar-refractivity contribution is -0.385. The summed E-state index contributed by atoms with van der Waals surface area (Å²) in [6.07, 6.45) is 1.30. The third-order valence-electron chi connectivity index (χ3n) is 5.53. The molecule has 0 aromatic heterocycles. The van der Waals surface area contributed by atoms with Crippen LogP contribution in [0.5, 0.6) is 17.2 Å². The van der Waals surface area contributed by atoms with Gasteiger partial charge in [-0.1, -0.05) is 12.1 Å². The van der Waals surface area contributed by atoms with Crippen LogP contribution in [0.3, 0.4) is 0 Å². The molecule has 0 aliphatic carbocycles. The molecule has 3 aromatic carbocycles. The van der Waals surface area contributed by atoms with Gasteiger partial charge in [-0.15, -0.1) is 0 Å². The van der Waals surface area contributed by atoms with Crippen LogP contribution in [0.15, 0.2) is 77.2 Å². The number of carbonyl (C=O) groups is 2. The minimum absolute atomic E-state index is 0.00273. The van der Waals surface area contributed by atoms with Crippen molar-refractivity contribution >= 4 is 56.7 Å². The molecular weight excluding hydrogens is 562 g/mol. The Labute approximate surface area is 234 Å². The molecule has 0 radical (unpaired) electrons. The van der Waals surface area contributed by atoms with Crippen LogP contribution >= 0.6 is 12.2 Å². The van der Waals surface area contributed by atoms with E-state index in [4.69, 9.17) is 25.9 Å². The Morgan fingerprint density at radius 3 is 2.42 bits per heavy atom. The molecule has 40 heavy (non-hydrogen) atoms. The number of benzene rings is 3. The number of methoxy groups -OCH3 is 1. The van der Waals surface area contributed by atoms with Gasteiger partial charge in [-0.25, -0.2) is 0 Å². The first-order valence-electron chi connectivity index (χ1n) is 11.6. The Morgan fingerprint density at radius 1 is 1.05 bits per heavy atom. The van der Waals surface area contributed by atoms with Crippen LogP contribution in [-0.4, -0.2) is 44.0 Å². The molecule has 0 saturated carbocycles. The average molecular weight is 584 g/mol. The lowest BCUT2D eigenvalue weighted by Gasteiger charge is -2.29. The lowest BCUT2D eigenvalue weighted by Crippen LogP contribution is -2.54. The zero-order valence-corrected chi connectivity index (χ0v) is 22.7. The SMILES string of the molecule is CCOc1cc(/C=C2/C(=O)NC(=S)N(c3ccc(OC)cc3)C2=O)ccc1OS(=O)(=O)c1cccc([N+](=O)[O-])c1. The summed E-state index contributed by atoms with van der Waals surface area (Å²) in [4.78, 5) is 37.0. The molecule has 1 aliphatic heterocycles. The fraction of sp³-hybridized carbons (Fsp3) is 0.115. The van der Waals surface area contributed by atoms with Gasteiger partial charge in [0.15, 0.2) is 16.6 Å². The Bertz CT molecular complexity index is 1650. The third-order valence-corrected chi connectivity index (χ3v) is 7.04. The molecule has 1 fully saturated rings. The van der Waals surface area contributed by atoms with E-state index in [1.54, 1.807) is 31.2 Å². The second-order valence-corrected chi connectivity index (χ2v) is 10.0. The zero-order valence-electron chi connectivity index (χ0n) is 21.0. The number of carbonyl (C=O) groups excluding carboxylic acids is 2. The van der Waals surface area contributed by atoms with E-state index >= 15 is 0 Å². The highest BCUT2D eigenvalue weighted by Crippen LogP contribution is 2.33. The van der Waals surface area contributed by atoms with Gasteiger partial charge in [0.1, 0.15) is 16.2 Å². The minimum Gasteiger partial charge on any atom is -0.497 e. The maximum atomic E-state index is 13.3. The monoisotopic (exact) mass is 583 g/mol. The fourth-order valence-electron chi connectivity index (χ4n) is 3.66. The van der Waals surface area contributed by atoms with Crippen LogP contribution in [0.4, 0.5) is 11.4 Å². The number of hydrogen-bond donors (Lipinski definition) is 1. The number of amides is 2. The molecule has 1 saturated heterocycles. The summed E-state index contributed by atoms with van der Waals surface area (Å²) in [6.45, 7) is 1.79. The first-order chi connectivity index (χ1) is 19.0. The summed E-state index contributed by atoms with van der Waals surface area (Å²) in [7, 11) is -2.96. The van der Waals surface area contributed by atoms with E-state index < -0.39 is 37.4 Å². The molecule has 0 atom stereocenters. The molecule has 206 valence electrons. The number of nitrogens with one attached hydrogen (secondary N) is 1. The molecule has 14 heteroatoms. The number of nitro benzene ring substituents is 1. The van der Waals surface area contributed by atoms with Gasteiger partial charge < -0.3 is 13.7 Å². The van der Waals surface area contributed by atoms with Gasteiger partial charge in [0.05, 0.1) is 24.3 Å². The van der Waals surface area contributed by atoms with Gasteiger partial charge in [0.25, 0.3) is 17.5 Å². The molecule has 1 N–H and O–H groups in total. The van der Waals surface area contributed by atoms with E-state index in [-0.39, 0.29) is 28.8 Å². The Hall–Kier alpha value is -4.82. The zero-order chi connectivity index (χ0) is 29.0. The van der Waals surface area contributed by atoms with Crippen LogP contribution in [0, 0.1) is 10.1 Å². The average Bonchev–Trinajstić information content (AvgIpc) is 2.92. The van der Waals surface area contributed by atoms with Crippen LogP contribution in [0.2, 0.25) is 0 Å². The number of ether oxygens (including phenoxy) is 2. The highest BCUT2D eigenvalue weighted by Gasteiger charge is 2.34. The van der Waals surface area contributed by atoms with Crippen molar-refractivity contribution in [1.82, 2.24) is 5.32 Å². The Balaban J connectivity index is 1.66. The number of rotatable bonds is 9. The molecule has 12 nitrogen and oxygen atoms in total. The molecule has 0 bridgehead atoms. The van der Waals surface area contributed by atoms with E-state index in [0.29, 0.717) is 17.0 Å². The standard InChI is InChI=1S/C26H21N3O9S2/c1-3-37-23-14-16(7-12-22(23)38-40(34,35)20-6-4-5-18(15-20)29(32)33)13-21-24(30)27-26(39)28(25(21)31)17-8-10-19(36-2)11-9-17/h4-15H,3H2,1-2H3,(H,27,30,39)/b21-13-. The molecule has 4 rings (SSSR count). The largest absolute Gasteiger partial charge is 0.497 e. The number of non-ortho nitro benzene ring substituents is 1. The van der Waals surface area contributed by atoms with E-state index in [9.17, 15) is 28.1 Å². The fourth-order valence-corrected chi connectivity index (χ4v) is 4.92. The molecule has 1 heterocycles. The van der Waals surface area contributed by atoms with E-state index in [0.717, 1.165) is 23.1 Å². The molecule has 0 unspecified atom stereocenters. The van der Waals surface area contributed by atoms with Gasteiger partial charge in [-0.3, -0.25) is 29.9 Å². The summed E-state index contributed by atoms with van der Waals surface area (Å²) in [5, 5.41) is 13.4. The van der Waals surface area contributed by atoms with Gasteiger partial charge in [-0.2, -0.15) is 8.42 Å². The van der Waals surface area contributed by atoms with Crippen molar-refractivity contribution < 1.29 is 36.6 Å². The highest BCUT2D eigenvalue weighted by atomic mass is 32.2. The normalized spacial score (nSPS) is 14.6. The summed E-state index contributed by atoms with van der Waals surface area (Å²) in [6, 6.07) is 15.0. The Kier molecular flexibility index (Phi) is 8.11. The maximum absolute atomic E-state index is 13.3. The van der Waals surface area contributed by atoms with Gasteiger partial charge >= 0.3 is 10.1 Å². The van der Waals surface area contributed by atoms with Crippen LogP contribution in [0.1, 0.15) is 12.5 Å². The summed E-state index contributed by atoms with van der Waals surface area (Å²) < 4.78 is 41.5. The van der Waals surface area contributed by atoms with Crippen LogP contribution < -0.4 is 23.9 Å². The van der Waals surface area contributed by atoms with Gasteiger partial charge in [0, 0.05) is 12.1 Å². The van der Waals surface area contributed by atoms with E-state index in [1.165, 1.54) is 37.5 Å². The predicted molar refractivity (Wildman–Crippen MR) is 148 cm³/mol. The molecule has 2 amide bonds. The number of thiocarbonyl (C=S) groups is 1. The van der Waals surface area contributed by atoms with Crippen molar-refractivity contribution in [2.45, 2.75) is 11.8 Å². The topological polar surface area (TPSA) is 154 Å². The number of anilines is 1. The van der Waals surface area contributed by atoms with Crippen LogP contribution in [-0.2, 0) is 19.7 Å². The summed E-state index contributed by atoms with van der Waals surface area (Å²) >= 11 is 5.21. The first kappa shape index (κ1) is 28.2. The van der Waals surface area contributed by atoms with Crippen molar-refractivity contribution in [3.05, 3.63) is 88.0 Å². The lowest BCUT2D eigenvalue weighted by atomic mass is 10.1. The first-order valence-corrected chi connectivity index (χ1v) is 13.4. The Morgan fingerprint density at radius 2 is 1.77 bits per heavy atom. The van der Waals surface area contributed by atoms with Crippen molar-refractivity contribution in [3.8, 4) is 17.2 Å². The van der Waals surface area contributed by atoms with Crippen molar-refractivity contribution in [1.29, 1.82) is 0 Å². The smallest absolute Gasteiger partial charge is 0.339 e. The molecule has 3 aromatic rings. The quantitative estimate of drug-likeness (QED) is 0.0987. The van der Waals surface area contributed by atoms with Gasteiger partial charge in [0.2, 0.25) is 0 Å². The third kappa shape index (κ3) is 5.92. The van der Waals surface area contributed by atoms with E-state index in [2.05, 4.69) is 5.32 Å². The predicted octanol–water partition coefficient (Wildman–Crippen LogP) is 3.60. The van der Waals surface area contributed by atoms with Crippen molar-refractivity contribution in [3.63, 3.8) is 0 Å². The van der Waals surface area contributed by atoms with Crippen LogP contribution in [0.25, 0.3) is 6.08 Å². The molecular formula is C26H21N3O9S2.